The summed E-state index contributed by atoms with van der Waals surface area (Å²) in [6.45, 7) is 4.06. The van der Waals surface area contributed by atoms with Crippen LogP contribution in [0.4, 0.5) is 0 Å². The van der Waals surface area contributed by atoms with Crippen molar-refractivity contribution in [2.75, 3.05) is 39.3 Å². The smallest absolute Gasteiger partial charge is 0.330 e. The molecule has 1 amide bonds. The Morgan fingerprint density at radius 2 is 1.77 bits per heavy atom. The number of carbonyl (C=O) groups is 1. The van der Waals surface area contributed by atoms with Gasteiger partial charge in [0.15, 0.2) is 0 Å². The summed E-state index contributed by atoms with van der Waals surface area (Å²) in [5.74, 6) is 0.630. The number of halogens is 1. The number of hydrogen-bond acceptors (Lipinski definition) is 5. The molecule has 0 spiro atoms. The summed E-state index contributed by atoms with van der Waals surface area (Å²) >= 11 is 5.86. The highest BCUT2D eigenvalue weighted by atomic mass is 35.5. The second-order valence-corrected chi connectivity index (χ2v) is 7.58. The Kier molecular flexibility index (Phi) is 7.12. The molecule has 1 aromatic heterocycles. The molecule has 1 aliphatic heterocycles. The van der Waals surface area contributed by atoms with Crippen molar-refractivity contribution in [3.05, 3.63) is 68.0 Å². The van der Waals surface area contributed by atoms with Gasteiger partial charge in [-0.1, -0.05) is 11.6 Å². The highest BCUT2D eigenvalue weighted by Gasteiger charge is 2.19. The van der Waals surface area contributed by atoms with Crippen LogP contribution in [-0.2, 0) is 18.9 Å². The zero-order chi connectivity index (χ0) is 21.7. The zero-order valence-electron chi connectivity index (χ0n) is 17.1. The number of carbonyl (C=O) groups excluding carboxylic acids is 1. The van der Waals surface area contributed by atoms with Crippen molar-refractivity contribution in [3.63, 3.8) is 0 Å². The number of ether oxygens (including phenoxy) is 1. The van der Waals surface area contributed by atoms with Crippen molar-refractivity contribution in [3.8, 4) is 5.75 Å². The topological polar surface area (TPSA) is 76.8 Å². The Labute approximate surface area is 179 Å². The minimum Gasteiger partial charge on any atom is -0.492 e. The maximum Gasteiger partial charge on any atom is 0.330 e. The predicted octanol–water partition coefficient (Wildman–Crippen LogP) is 0.974. The molecule has 30 heavy (non-hydrogen) atoms. The lowest BCUT2D eigenvalue weighted by molar-refractivity contribution is -0.127. The molecule has 2 heterocycles. The van der Waals surface area contributed by atoms with E-state index in [1.165, 1.54) is 30.0 Å². The van der Waals surface area contributed by atoms with E-state index in [4.69, 9.17) is 16.3 Å². The largest absolute Gasteiger partial charge is 0.492 e. The molecule has 160 valence electrons. The fraction of sp³-hybridized carbons (Fsp3) is 0.381. The first kappa shape index (κ1) is 21.9. The molecule has 0 atom stereocenters. The lowest BCUT2D eigenvalue weighted by Crippen LogP contribution is -2.49. The highest BCUT2D eigenvalue weighted by molar-refractivity contribution is 6.30. The van der Waals surface area contributed by atoms with Crippen LogP contribution in [0, 0.1) is 0 Å². The third-order valence-electron chi connectivity index (χ3n) is 5.05. The van der Waals surface area contributed by atoms with Gasteiger partial charge in [-0.3, -0.25) is 19.1 Å². The Bertz CT molecular complexity index is 1030. The molecule has 0 bridgehead atoms. The summed E-state index contributed by atoms with van der Waals surface area (Å²) in [7, 11) is 2.98. The standard InChI is InChI=1S/C21H25ClN4O4/c1-23-15-16(20(28)24(2)21(23)29)3-8-19(27)26-11-9-25(10-12-26)13-14-30-18-6-4-17(22)5-7-18/h3-8,15H,9-14H2,1-2H3/b8-3+. The van der Waals surface area contributed by atoms with Gasteiger partial charge < -0.3 is 14.2 Å². The van der Waals surface area contributed by atoms with E-state index in [1.807, 2.05) is 12.1 Å². The molecule has 0 unspecified atom stereocenters. The van der Waals surface area contributed by atoms with Gasteiger partial charge in [-0.15, -0.1) is 0 Å². The highest BCUT2D eigenvalue weighted by Crippen LogP contribution is 2.15. The maximum atomic E-state index is 12.5. The van der Waals surface area contributed by atoms with E-state index in [1.54, 1.807) is 24.1 Å². The van der Waals surface area contributed by atoms with Gasteiger partial charge in [0.1, 0.15) is 12.4 Å². The molecule has 0 N–H and O–H groups in total. The summed E-state index contributed by atoms with van der Waals surface area (Å²) in [4.78, 5) is 40.3. The van der Waals surface area contributed by atoms with Crippen molar-refractivity contribution >= 4 is 23.6 Å². The second-order valence-electron chi connectivity index (χ2n) is 7.14. The molecular weight excluding hydrogens is 408 g/mol. The first-order valence-corrected chi connectivity index (χ1v) is 10.1. The third kappa shape index (κ3) is 5.40. The number of hydrogen-bond donors (Lipinski definition) is 0. The van der Waals surface area contributed by atoms with Gasteiger partial charge in [-0.2, -0.15) is 0 Å². The molecule has 1 aliphatic rings. The summed E-state index contributed by atoms with van der Waals surface area (Å²) in [6, 6.07) is 7.26. The van der Waals surface area contributed by atoms with E-state index in [2.05, 4.69) is 4.90 Å². The molecule has 0 saturated carbocycles. The Morgan fingerprint density at radius 1 is 1.10 bits per heavy atom. The first-order valence-electron chi connectivity index (χ1n) is 9.69. The number of aryl methyl sites for hydroxylation is 1. The van der Waals surface area contributed by atoms with Crippen LogP contribution in [0.25, 0.3) is 6.08 Å². The van der Waals surface area contributed by atoms with Crippen molar-refractivity contribution in [2.24, 2.45) is 14.1 Å². The summed E-state index contributed by atoms with van der Waals surface area (Å²) in [5, 5.41) is 0.675. The van der Waals surface area contributed by atoms with Gasteiger partial charge in [-0.25, -0.2) is 4.79 Å². The monoisotopic (exact) mass is 432 g/mol. The molecule has 0 radical (unpaired) electrons. The summed E-state index contributed by atoms with van der Waals surface area (Å²) in [5.41, 5.74) is -0.529. The van der Waals surface area contributed by atoms with Crippen molar-refractivity contribution in [2.45, 2.75) is 0 Å². The van der Waals surface area contributed by atoms with Crippen LogP contribution in [0.3, 0.4) is 0 Å². The van der Waals surface area contributed by atoms with Crippen LogP contribution >= 0.6 is 11.6 Å². The van der Waals surface area contributed by atoms with Gasteiger partial charge in [0, 0.05) is 64.1 Å². The van der Waals surface area contributed by atoms with Crippen molar-refractivity contribution in [1.29, 1.82) is 0 Å². The van der Waals surface area contributed by atoms with Gasteiger partial charge in [0.2, 0.25) is 5.91 Å². The number of nitrogens with zero attached hydrogens (tertiary/aromatic N) is 4. The maximum absolute atomic E-state index is 12.5. The average Bonchev–Trinajstić information content (AvgIpc) is 2.75. The second kappa shape index (κ2) is 9.77. The lowest BCUT2D eigenvalue weighted by atomic mass is 10.2. The van der Waals surface area contributed by atoms with E-state index >= 15 is 0 Å². The molecule has 9 heteroatoms. The Balaban J connectivity index is 1.47. The third-order valence-corrected chi connectivity index (χ3v) is 5.30. The van der Waals surface area contributed by atoms with Crippen LogP contribution in [0.1, 0.15) is 5.56 Å². The summed E-state index contributed by atoms with van der Waals surface area (Å²) < 4.78 is 8.06. The van der Waals surface area contributed by atoms with Crippen LogP contribution in [0.15, 0.2) is 46.1 Å². The Hall–Kier alpha value is -2.84. The summed E-state index contributed by atoms with van der Waals surface area (Å²) in [6.07, 6.45) is 4.30. The fourth-order valence-corrected chi connectivity index (χ4v) is 3.36. The van der Waals surface area contributed by atoms with Crippen molar-refractivity contribution in [1.82, 2.24) is 18.9 Å². The van der Waals surface area contributed by atoms with Crippen LogP contribution in [0.5, 0.6) is 5.75 Å². The van der Waals surface area contributed by atoms with E-state index in [0.717, 1.165) is 30.0 Å². The number of benzene rings is 1. The molecule has 1 fully saturated rings. The molecular formula is C21H25ClN4O4. The molecule has 8 nitrogen and oxygen atoms in total. The fourth-order valence-electron chi connectivity index (χ4n) is 3.23. The number of amides is 1. The average molecular weight is 433 g/mol. The molecule has 0 aliphatic carbocycles. The number of rotatable bonds is 6. The van der Waals surface area contributed by atoms with E-state index < -0.39 is 11.2 Å². The van der Waals surface area contributed by atoms with Crippen LogP contribution in [0.2, 0.25) is 5.02 Å². The zero-order valence-corrected chi connectivity index (χ0v) is 17.8. The number of aromatic nitrogens is 2. The minimum absolute atomic E-state index is 0.150. The van der Waals surface area contributed by atoms with Crippen molar-refractivity contribution < 1.29 is 9.53 Å². The minimum atomic E-state index is -0.423. The van der Waals surface area contributed by atoms with Gasteiger partial charge in [0.05, 0.1) is 5.56 Å². The van der Waals surface area contributed by atoms with E-state index in [0.29, 0.717) is 30.3 Å². The van der Waals surface area contributed by atoms with E-state index in [-0.39, 0.29) is 5.91 Å². The molecule has 2 aromatic rings. The predicted molar refractivity (Wildman–Crippen MR) is 116 cm³/mol. The Morgan fingerprint density at radius 3 is 2.43 bits per heavy atom. The van der Waals surface area contributed by atoms with E-state index in [9.17, 15) is 14.4 Å². The first-order chi connectivity index (χ1) is 14.3. The number of piperazine rings is 1. The van der Waals surface area contributed by atoms with Crippen LogP contribution in [-0.4, -0.2) is 64.2 Å². The normalized spacial score (nSPS) is 15.0. The van der Waals surface area contributed by atoms with Gasteiger partial charge in [0.25, 0.3) is 5.56 Å². The van der Waals surface area contributed by atoms with Crippen LogP contribution < -0.4 is 16.0 Å². The molecule has 3 rings (SSSR count). The van der Waals surface area contributed by atoms with Gasteiger partial charge in [-0.05, 0) is 30.3 Å². The lowest BCUT2D eigenvalue weighted by Gasteiger charge is -2.34. The quantitative estimate of drug-likeness (QED) is 0.636. The molecule has 1 aromatic carbocycles. The molecule has 1 saturated heterocycles. The SMILES string of the molecule is Cn1cc(/C=C/C(=O)N2CCN(CCOc3ccc(Cl)cc3)CC2)c(=O)n(C)c1=O. The van der Waals surface area contributed by atoms with Gasteiger partial charge >= 0.3 is 5.69 Å².